The molecule has 0 saturated carbocycles. The van der Waals surface area contributed by atoms with E-state index in [4.69, 9.17) is 0 Å². The summed E-state index contributed by atoms with van der Waals surface area (Å²) in [6.07, 6.45) is 2.14. The van der Waals surface area contributed by atoms with Crippen molar-refractivity contribution >= 4 is 5.91 Å². The first-order valence-corrected chi connectivity index (χ1v) is 8.15. The summed E-state index contributed by atoms with van der Waals surface area (Å²) in [6, 6.07) is 11.2. The first kappa shape index (κ1) is 16.0. The van der Waals surface area contributed by atoms with Gasteiger partial charge in [0.15, 0.2) is 0 Å². The average molecular weight is 288 g/mol. The first-order valence-electron chi connectivity index (χ1n) is 8.15. The molecule has 1 aromatic carbocycles. The Morgan fingerprint density at radius 3 is 2.38 bits per heavy atom. The lowest BCUT2D eigenvalue weighted by molar-refractivity contribution is -0.135. The molecule has 3 nitrogen and oxygen atoms in total. The van der Waals surface area contributed by atoms with Crippen molar-refractivity contribution in [2.24, 2.45) is 5.92 Å². The number of rotatable bonds is 5. The fraction of sp³-hybridized carbons (Fsp3) is 0.611. The largest absolute Gasteiger partial charge is 0.342 e. The van der Waals surface area contributed by atoms with Crippen LogP contribution in [0.2, 0.25) is 0 Å². The predicted molar refractivity (Wildman–Crippen MR) is 87.3 cm³/mol. The highest BCUT2D eigenvalue weighted by Gasteiger charge is 2.24. The van der Waals surface area contributed by atoms with E-state index in [2.05, 4.69) is 42.6 Å². The molecule has 116 valence electrons. The van der Waals surface area contributed by atoms with Crippen molar-refractivity contribution in [3.05, 3.63) is 35.9 Å². The van der Waals surface area contributed by atoms with Gasteiger partial charge in [0.1, 0.15) is 0 Å². The van der Waals surface area contributed by atoms with E-state index in [1.165, 1.54) is 5.56 Å². The Bertz CT molecular complexity index is 436. The molecule has 1 N–H and O–H groups in total. The van der Waals surface area contributed by atoms with Crippen LogP contribution in [0, 0.1) is 5.92 Å². The van der Waals surface area contributed by atoms with Crippen molar-refractivity contribution in [1.82, 2.24) is 10.2 Å². The van der Waals surface area contributed by atoms with Gasteiger partial charge in [0.05, 0.1) is 0 Å². The highest BCUT2D eigenvalue weighted by atomic mass is 16.2. The van der Waals surface area contributed by atoms with Crippen LogP contribution in [0.1, 0.15) is 45.1 Å². The van der Waals surface area contributed by atoms with Crippen LogP contribution in [-0.2, 0) is 4.79 Å². The molecule has 0 spiro atoms. The van der Waals surface area contributed by atoms with Gasteiger partial charge in [0, 0.05) is 31.6 Å². The highest BCUT2D eigenvalue weighted by Crippen LogP contribution is 2.16. The third-order valence-electron chi connectivity index (χ3n) is 4.38. The topological polar surface area (TPSA) is 32.3 Å². The zero-order valence-electron chi connectivity index (χ0n) is 13.5. The molecular formula is C18H28N2O. The molecule has 2 rings (SSSR count). The molecule has 0 bridgehead atoms. The fourth-order valence-electron chi connectivity index (χ4n) is 2.91. The minimum Gasteiger partial charge on any atom is -0.342 e. The van der Waals surface area contributed by atoms with E-state index in [0.29, 0.717) is 17.9 Å². The van der Waals surface area contributed by atoms with Crippen LogP contribution in [0.4, 0.5) is 0 Å². The normalized spacial score (nSPS) is 18.0. The molecule has 0 aromatic heterocycles. The Morgan fingerprint density at radius 1 is 1.19 bits per heavy atom. The van der Waals surface area contributed by atoms with Crippen LogP contribution in [0.3, 0.4) is 0 Å². The summed E-state index contributed by atoms with van der Waals surface area (Å²) < 4.78 is 0. The summed E-state index contributed by atoms with van der Waals surface area (Å²) in [7, 11) is 0. The third kappa shape index (κ3) is 4.57. The zero-order chi connectivity index (χ0) is 15.2. The van der Waals surface area contributed by atoms with E-state index < -0.39 is 0 Å². The lowest BCUT2D eigenvalue weighted by Gasteiger charge is -2.34. The number of nitrogens with one attached hydrogen (secondary N) is 1. The van der Waals surface area contributed by atoms with Crippen LogP contribution < -0.4 is 5.32 Å². The second-order valence-corrected chi connectivity index (χ2v) is 6.47. The van der Waals surface area contributed by atoms with Gasteiger partial charge in [-0.05, 0) is 24.3 Å². The van der Waals surface area contributed by atoms with Gasteiger partial charge in [-0.15, -0.1) is 0 Å². The van der Waals surface area contributed by atoms with Crippen LogP contribution >= 0.6 is 0 Å². The number of hydrogen-bond donors (Lipinski definition) is 1. The zero-order valence-corrected chi connectivity index (χ0v) is 13.5. The predicted octanol–water partition coefficient (Wildman–Crippen LogP) is 3.03. The molecular weight excluding hydrogens is 260 g/mol. The van der Waals surface area contributed by atoms with Crippen molar-refractivity contribution < 1.29 is 4.79 Å². The van der Waals surface area contributed by atoms with Gasteiger partial charge in [-0.3, -0.25) is 4.79 Å². The maximum atomic E-state index is 12.0. The minimum atomic E-state index is 0.118. The Kier molecular flexibility index (Phi) is 5.80. The second-order valence-electron chi connectivity index (χ2n) is 6.47. The minimum absolute atomic E-state index is 0.118. The van der Waals surface area contributed by atoms with E-state index in [1.807, 2.05) is 18.7 Å². The smallest absolute Gasteiger partial charge is 0.225 e. The lowest BCUT2D eigenvalue weighted by Crippen LogP contribution is -2.46. The Labute approximate surface area is 128 Å². The maximum absolute atomic E-state index is 12.0. The van der Waals surface area contributed by atoms with Crippen LogP contribution in [-0.4, -0.2) is 36.5 Å². The van der Waals surface area contributed by atoms with E-state index >= 15 is 0 Å². The molecule has 1 heterocycles. The summed E-state index contributed by atoms with van der Waals surface area (Å²) >= 11 is 0. The van der Waals surface area contributed by atoms with Gasteiger partial charge in [0.25, 0.3) is 0 Å². The number of amides is 1. The summed E-state index contributed by atoms with van der Waals surface area (Å²) in [5.74, 6) is 0.945. The third-order valence-corrected chi connectivity index (χ3v) is 4.38. The van der Waals surface area contributed by atoms with Crippen LogP contribution in [0.5, 0.6) is 0 Å². The SMILES string of the molecule is CC(C)C(=O)N1CCC(NCC(C)c2ccccc2)CC1. The molecule has 1 unspecified atom stereocenters. The second kappa shape index (κ2) is 7.60. The van der Waals surface area contributed by atoms with Crippen LogP contribution in [0.25, 0.3) is 0 Å². The van der Waals surface area contributed by atoms with Gasteiger partial charge < -0.3 is 10.2 Å². The van der Waals surface area contributed by atoms with Crippen molar-refractivity contribution in [3.63, 3.8) is 0 Å². The molecule has 1 saturated heterocycles. The van der Waals surface area contributed by atoms with Gasteiger partial charge >= 0.3 is 0 Å². The van der Waals surface area contributed by atoms with Crippen molar-refractivity contribution in [1.29, 1.82) is 0 Å². The number of benzene rings is 1. The van der Waals surface area contributed by atoms with E-state index in [-0.39, 0.29) is 5.92 Å². The van der Waals surface area contributed by atoms with Crippen molar-refractivity contribution in [3.8, 4) is 0 Å². The summed E-state index contributed by atoms with van der Waals surface area (Å²) in [6.45, 7) is 9.03. The number of carbonyl (C=O) groups is 1. The molecule has 1 aliphatic rings. The molecule has 21 heavy (non-hydrogen) atoms. The number of likely N-dealkylation sites (tertiary alicyclic amines) is 1. The van der Waals surface area contributed by atoms with E-state index in [9.17, 15) is 4.79 Å². The summed E-state index contributed by atoms with van der Waals surface area (Å²) in [5.41, 5.74) is 1.39. The molecule has 0 aliphatic carbocycles. The number of nitrogens with zero attached hydrogens (tertiary/aromatic N) is 1. The maximum Gasteiger partial charge on any atom is 0.225 e. The van der Waals surface area contributed by atoms with Gasteiger partial charge in [-0.25, -0.2) is 0 Å². The Hall–Kier alpha value is -1.35. The Balaban J connectivity index is 1.73. The highest BCUT2D eigenvalue weighted by molar-refractivity contribution is 5.78. The molecule has 3 heteroatoms. The summed E-state index contributed by atoms with van der Waals surface area (Å²) in [4.78, 5) is 14.0. The lowest BCUT2D eigenvalue weighted by atomic mass is 9.99. The summed E-state index contributed by atoms with van der Waals surface area (Å²) in [5, 5.41) is 3.67. The molecule has 1 amide bonds. The van der Waals surface area contributed by atoms with Gasteiger partial charge in [-0.2, -0.15) is 0 Å². The fourth-order valence-corrected chi connectivity index (χ4v) is 2.91. The number of piperidine rings is 1. The Morgan fingerprint density at radius 2 is 1.81 bits per heavy atom. The van der Waals surface area contributed by atoms with Crippen molar-refractivity contribution in [2.75, 3.05) is 19.6 Å². The molecule has 0 radical (unpaired) electrons. The first-order chi connectivity index (χ1) is 10.1. The van der Waals surface area contributed by atoms with E-state index in [1.54, 1.807) is 0 Å². The van der Waals surface area contributed by atoms with Crippen LogP contribution in [0.15, 0.2) is 30.3 Å². The number of carbonyl (C=O) groups excluding carboxylic acids is 1. The molecule has 1 aliphatic heterocycles. The van der Waals surface area contributed by atoms with Gasteiger partial charge in [-0.1, -0.05) is 51.1 Å². The molecule has 1 atom stereocenters. The number of hydrogen-bond acceptors (Lipinski definition) is 2. The quantitative estimate of drug-likeness (QED) is 0.903. The molecule has 1 fully saturated rings. The van der Waals surface area contributed by atoms with Crippen molar-refractivity contribution in [2.45, 2.75) is 45.6 Å². The molecule has 1 aromatic rings. The van der Waals surface area contributed by atoms with E-state index in [0.717, 1.165) is 32.5 Å². The monoisotopic (exact) mass is 288 g/mol. The average Bonchev–Trinajstić information content (AvgIpc) is 2.53. The van der Waals surface area contributed by atoms with Gasteiger partial charge in [0.2, 0.25) is 5.91 Å². The standard InChI is InChI=1S/C18H28N2O/c1-14(2)18(21)20-11-9-17(10-12-20)19-13-15(3)16-7-5-4-6-8-16/h4-8,14-15,17,19H,9-13H2,1-3H3.